The van der Waals surface area contributed by atoms with E-state index >= 15 is 0 Å². The Morgan fingerprint density at radius 2 is 2.15 bits per heavy atom. The van der Waals surface area contributed by atoms with Crippen LogP contribution in [0.4, 0.5) is 0 Å². The van der Waals surface area contributed by atoms with Crippen molar-refractivity contribution in [3.8, 4) is 0 Å². The molecule has 0 aromatic carbocycles. The van der Waals surface area contributed by atoms with Gasteiger partial charge in [0.25, 0.3) is 5.91 Å². The summed E-state index contributed by atoms with van der Waals surface area (Å²) in [5.41, 5.74) is 7.72. The van der Waals surface area contributed by atoms with E-state index in [-0.39, 0.29) is 11.8 Å². The van der Waals surface area contributed by atoms with Crippen molar-refractivity contribution in [2.45, 2.75) is 26.7 Å². The van der Waals surface area contributed by atoms with Crippen molar-refractivity contribution in [1.82, 2.24) is 21.0 Å². The van der Waals surface area contributed by atoms with E-state index in [1.807, 2.05) is 13.8 Å². The number of rotatable bonds is 4. The van der Waals surface area contributed by atoms with Crippen LogP contribution in [-0.4, -0.2) is 22.0 Å². The molecule has 3 N–H and O–H groups in total. The molecular formula is C13H16N4O2S. The fourth-order valence-corrected chi connectivity index (χ4v) is 2.46. The number of nitrogens with one attached hydrogen (secondary N) is 3. The molecule has 0 unspecified atom stereocenters. The summed E-state index contributed by atoms with van der Waals surface area (Å²) in [4.78, 5) is 23.9. The lowest BCUT2D eigenvalue weighted by molar-refractivity contribution is -0.121. The van der Waals surface area contributed by atoms with Gasteiger partial charge in [0.1, 0.15) is 0 Å². The lowest BCUT2D eigenvalue weighted by Crippen LogP contribution is -2.41. The lowest BCUT2D eigenvalue weighted by atomic mass is 10.1. The van der Waals surface area contributed by atoms with Crippen molar-refractivity contribution in [2.75, 3.05) is 0 Å². The predicted octanol–water partition coefficient (Wildman–Crippen LogP) is 1.48. The number of carbonyl (C=O) groups excluding carboxylic acids is 2. The van der Waals surface area contributed by atoms with E-state index in [1.165, 1.54) is 11.3 Å². The average Bonchev–Trinajstić information content (AvgIpc) is 3.05. The smallest absolute Gasteiger partial charge is 0.279 e. The number of aromatic amines is 1. The molecule has 0 aliphatic heterocycles. The third-order valence-electron chi connectivity index (χ3n) is 2.94. The first-order chi connectivity index (χ1) is 9.58. The summed E-state index contributed by atoms with van der Waals surface area (Å²) in [5.74, 6) is -0.529. The van der Waals surface area contributed by atoms with Crippen molar-refractivity contribution in [1.29, 1.82) is 0 Å². The zero-order chi connectivity index (χ0) is 14.5. The first-order valence-electron chi connectivity index (χ1n) is 6.21. The molecule has 0 spiro atoms. The number of hydrazine groups is 1. The lowest BCUT2D eigenvalue weighted by Gasteiger charge is -2.06. The maximum absolute atomic E-state index is 11.7. The molecule has 2 aromatic rings. The standard InChI is InChI=1S/C13H16N4O2S/c1-8-10(9(2)15-14-8)5-6-12(18)16-17-13(19)11-4-3-7-20-11/h3-4,7H,5-6H2,1-2H3,(H,14,15)(H,16,18)(H,17,19). The minimum Gasteiger partial charge on any atom is -0.282 e. The molecule has 2 rings (SSSR count). The molecule has 20 heavy (non-hydrogen) atoms. The SMILES string of the molecule is Cc1n[nH]c(C)c1CCC(=O)NNC(=O)c1cccs1. The van der Waals surface area contributed by atoms with E-state index < -0.39 is 0 Å². The van der Waals surface area contributed by atoms with Gasteiger partial charge in [-0.15, -0.1) is 11.3 Å². The Hall–Kier alpha value is -2.15. The van der Waals surface area contributed by atoms with E-state index in [1.54, 1.807) is 17.5 Å². The molecule has 106 valence electrons. The number of hydrogen-bond acceptors (Lipinski definition) is 4. The Balaban J connectivity index is 1.77. The average molecular weight is 292 g/mol. The molecule has 2 heterocycles. The summed E-state index contributed by atoms with van der Waals surface area (Å²) in [6.07, 6.45) is 0.890. The van der Waals surface area contributed by atoms with Gasteiger partial charge >= 0.3 is 0 Å². The van der Waals surface area contributed by atoms with Crippen molar-refractivity contribution in [3.63, 3.8) is 0 Å². The third kappa shape index (κ3) is 3.45. The zero-order valence-electron chi connectivity index (χ0n) is 11.3. The van der Waals surface area contributed by atoms with Gasteiger partial charge in [0.05, 0.1) is 10.6 Å². The molecule has 0 aliphatic carbocycles. The van der Waals surface area contributed by atoms with E-state index in [2.05, 4.69) is 21.0 Å². The van der Waals surface area contributed by atoms with Gasteiger partial charge in [0, 0.05) is 12.1 Å². The number of aryl methyl sites for hydroxylation is 2. The van der Waals surface area contributed by atoms with Crippen LogP contribution in [0.15, 0.2) is 17.5 Å². The van der Waals surface area contributed by atoms with Crippen LogP contribution in [0.5, 0.6) is 0 Å². The summed E-state index contributed by atoms with van der Waals surface area (Å²) in [7, 11) is 0. The van der Waals surface area contributed by atoms with Gasteiger partial charge in [-0.25, -0.2) is 0 Å². The molecule has 0 aliphatic rings. The topological polar surface area (TPSA) is 86.9 Å². The summed E-state index contributed by atoms with van der Waals surface area (Å²) in [6.45, 7) is 3.82. The summed E-state index contributed by atoms with van der Waals surface area (Å²) in [6, 6.07) is 3.48. The Labute approximate surface area is 120 Å². The van der Waals surface area contributed by atoms with E-state index in [0.717, 1.165) is 17.0 Å². The number of aromatic nitrogens is 2. The summed E-state index contributed by atoms with van der Waals surface area (Å²) in [5, 5.41) is 8.76. The molecule has 6 nitrogen and oxygen atoms in total. The van der Waals surface area contributed by atoms with Crippen molar-refractivity contribution in [2.24, 2.45) is 0 Å². The first kappa shape index (κ1) is 14.3. The summed E-state index contributed by atoms with van der Waals surface area (Å²) < 4.78 is 0. The van der Waals surface area contributed by atoms with Gasteiger partial charge in [-0.2, -0.15) is 5.10 Å². The van der Waals surface area contributed by atoms with Crippen LogP contribution in [0.3, 0.4) is 0 Å². The fraction of sp³-hybridized carbons (Fsp3) is 0.308. The molecule has 0 atom stereocenters. The molecular weight excluding hydrogens is 276 g/mol. The minimum absolute atomic E-state index is 0.227. The van der Waals surface area contributed by atoms with Gasteiger partial charge < -0.3 is 0 Å². The zero-order valence-corrected chi connectivity index (χ0v) is 12.1. The van der Waals surface area contributed by atoms with Crippen molar-refractivity contribution in [3.05, 3.63) is 39.3 Å². The van der Waals surface area contributed by atoms with Crippen LogP contribution in [-0.2, 0) is 11.2 Å². The van der Waals surface area contributed by atoms with Gasteiger partial charge in [0.15, 0.2) is 0 Å². The molecule has 0 radical (unpaired) electrons. The Bertz CT molecular complexity index is 584. The van der Waals surface area contributed by atoms with Crippen molar-refractivity contribution >= 4 is 23.2 Å². The van der Waals surface area contributed by atoms with Crippen LogP contribution >= 0.6 is 11.3 Å². The van der Waals surface area contributed by atoms with E-state index in [4.69, 9.17) is 0 Å². The number of nitrogens with zero attached hydrogens (tertiary/aromatic N) is 1. The van der Waals surface area contributed by atoms with Crippen LogP contribution in [0.1, 0.15) is 33.0 Å². The highest BCUT2D eigenvalue weighted by atomic mass is 32.1. The second kappa shape index (κ2) is 6.33. The molecule has 0 saturated carbocycles. The number of hydrogen-bond donors (Lipinski definition) is 3. The van der Waals surface area contributed by atoms with Gasteiger partial charge in [0.2, 0.25) is 5.91 Å². The molecule has 2 aromatic heterocycles. The largest absolute Gasteiger partial charge is 0.282 e. The highest BCUT2D eigenvalue weighted by Crippen LogP contribution is 2.11. The highest BCUT2D eigenvalue weighted by molar-refractivity contribution is 7.12. The maximum atomic E-state index is 11.7. The van der Waals surface area contributed by atoms with Crippen LogP contribution in [0.2, 0.25) is 0 Å². The maximum Gasteiger partial charge on any atom is 0.279 e. The highest BCUT2D eigenvalue weighted by Gasteiger charge is 2.11. The number of thiophene rings is 1. The van der Waals surface area contributed by atoms with Gasteiger partial charge in [-0.3, -0.25) is 25.5 Å². The number of carbonyl (C=O) groups is 2. The molecule has 7 heteroatoms. The van der Waals surface area contributed by atoms with Gasteiger partial charge in [-0.05, 0) is 37.3 Å². The molecule has 2 amide bonds. The van der Waals surface area contributed by atoms with Gasteiger partial charge in [-0.1, -0.05) is 6.07 Å². The number of H-pyrrole nitrogens is 1. The number of amides is 2. The van der Waals surface area contributed by atoms with Crippen LogP contribution in [0, 0.1) is 13.8 Å². The fourth-order valence-electron chi connectivity index (χ4n) is 1.84. The third-order valence-corrected chi connectivity index (χ3v) is 3.81. The van der Waals surface area contributed by atoms with Crippen LogP contribution < -0.4 is 10.9 Å². The summed E-state index contributed by atoms with van der Waals surface area (Å²) >= 11 is 1.32. The minimum atomic E-state index is -0.302. The quantitative estimate of drug-likeness (QED) is 0.746. The van der Waals surface area contributed by atoms with Crippen molar-refractivity contribution < 1.29 is 9.59 Å². The van der Waals surface area contributed by atoms with Crippen LogP contribution in [0.25, 0.3) is 0 Å². The Kier molecular flexibility index (Phi) is 4.52. The monoisotopic (exact) mass is 292 g/mol. The Morgan fingerprint density at radius 1 is 1.35 bits per heavy atom. The second-order valence-electron chi connectivity index (χ2n) is 4.39. The molecule has 0 fully saturated rings. The normalized spacial score (nSPS) is 10.3. The molecule has 0 saturated heterocycles. The van der Waals surface area contributed by atoms with E-state index in [0.29, 0.717) is 17.7 Å². The Morgan fingerprint density at radius 3 is 2.75 bits per heavy atom. The van der Waals surface area contributed by atoms with E-state index in [9.17, 15) is 9.59 Å². The second-order valence-corrected chi connectivity index (χ2v) is 5.34. The first-order valence-corrected chi connectivity index (χ1v) is 7.09. The molecule has 0 bridgehead atoms. The predicted molar refractivity (Wildman–Crippen MR) is 76.3 cm³/mol.